The quantitative estimate of drug-likeness (QED) is 0.921. The van der Waals surface area contributed by atoms with E-state index in [0.29, 0.717) is 19.4 Å². The summed E-state index contributed by atoms with van der Waals surface area (Å²) in [6, 6.07) is 7.57. The summed E-state index contributed by atoms with van der Waals surface area (Å²) in [7, 11) is -3.26. The van der Waals surface area contributed by atoms with Crippen LogP contribution in [-0.2, 0) is 20.2 Å². The molecule has 2 heterocycles. The molecule has 114 valence electrons. The normalized spacial score (nSPS) is 25.3. The molecule has 1 fully saturated rings. The number of nitrogens with one attached hydrogen (secondary N) is 1. The first kappa shape index (κ1) is 14.5. The molecule has 2 aliphatic heterocycles. The Balaban J connectivity index is 1.89. The Morgan fingerprint density at radius 2 is 2.10 bits per heavy atom. The molecule has 1 aromatic carbocycles. The molecule has 2 aliphatic rings. The number of rotatable bonds is 4. The van der Waals surface area contributed by atoms with Gasteiger partial charge in [0.25, 0.3) is 0 Å². The van der Waals surface area contributed by atoms with Crippen LogP contribution in [0.3, 0.4) is 0 Å². The molecule has 1 N–H and O–H groups in total. The van der Waals surface area contributed by atoms with Crippen LogP contribution in [-0.4, -0.2) is 37.5 Å². The smallest absolute Gasteiger partial charge is 0.236 e. The Morgan fingerprint density at radius 3 is 2.86 bits per heavy atom. The van der Waals surface area contributed by atoms with Crippen molar-refractivity contribution >= 4 is 21.6 Å². The zero-order chi connectivity index (χ0) is 15.1. The number of benzene rings is 1. The Kier molecular flexibility index (Phi) is 3.53. The van der Waals surface area contributed by atoms with Crippen molar-refractivity contribution in [1.82, 2.24) is 4.31 Å². The third kappa shape index (κ3) is 2.26. The molecule has 1 saturated heterocycles. The number of nitrogens with zero attached hydrogens (tertiary/aromatic N) is 1. The standard InChI is InChI=1S/C15H20N2O3S/c1-2-3-10-21(19,20)17-9-8-15(11-17)12-6-4-5-7-13(12)16-14(15)18/h4-7H,2-3,8-11H2,1H3,(H,16,18)/t15-/m0/s1. The van der Waals surface area contributed by atoms with Crippen LogP contribution in [0.4, 0.5) is 5.69 Å². The van der Waals surface area contributed by atoms with Crippen LogP contribution >= 0.6 is 0 Å². The molecule has 0 aromatic heterocycles. The first-order valence-corrected chi connectivity index (χ1v) is 8.99. The number of carbonyl (C=O) groups is 1. The minimum Gasteiger partial charge on any atom is -0.325 e. The summed E-state index contributed by atoms with van der Waals surface area (Å²) in [5.74, 6) is 0.0972. The molecule has 3 rings (SSSR count). The summed E-state index contributed by atoms with van der Waals surface area (Å²) in [5, 5.41) is 2.88. The fourth-order valence-electron chi connectivity index (χ4n) is 3.25. The highest BCUT2D eigenvalue weighted by molar-refractivity contribution is 7.89. The molecule has 0 aliphatic carbocycles. The Bertz CT molecular complexity index is 671. The molecule has 1 amide bonds. The lowest BCUT2D eigenvalue weighted by molar-refractivity contribution is -0.120. The second kappa shape index (κ2) is 5.10. The number of unbranched alkanes of at least 4 members (excludes halogenated alkanes) is 1. The highest BCUT2D eigenvalue weighted by atomic mass is 32.2. The Morgan fingerprint density at radius 1 is 1.33 bits per heavy atom. The summed E-state index contributed by atoms with van der Waals surface area (Å²) in [6.07, 6.45) is 2.07. The number of para-hydroxylation sites is 1. The number of amides is 1. The average molecular weight is 308 g/mol. The van der Waals surface area contributed by atoms with Crippen molar-refractivity contribution in [3.8, 4) is 0 Å². The predicted molar refractivity (Wildman–Crippen MR) is 81.6 cm³/mol. The van der Waals surface area contributed by atoms with Crippen molar-refractivity contribution in [3.05, 3.63) is 29.8 Å². The molecule has 21 heavy (non-hydrogen) atoms. The second-order valence-electron chi connectivity index (χ2n) is 5.83. The van der Waals surface area contributed by atoms with Crippen LogP contribution in [0.1, 0.15) is 31.7 Å². The Hall–Kier alpha value is -1.40. The zero-order valence-corrected chi connectivity index (χ0v) is 12.9. The molecule has 1 atom stereocenters. The van der Waals surface area contributed by atoms with E-state index in [0.717, 1.165) is 17.7 Å². The average Bonchev–Trinajstić information content (AvgIpc) is 3.03. The van der Waals surface area contributed by atoms with E-state index < -0.39 is 15.4 Å². The van der Waals surface area contributed by atoms with E-state index in [1.807, 2.05) is 31.2 Å². The topological polar surface area (TPSA) is 66.5 Å². The van der Waals surface area contributed by atoms with E-state index in [-0.39, 0.29) is 18.2 Å². The molecular weight excluding hydrogens is 288 g/mol. The van der Waals surface area contributed by atoms with Crippen molar-refractivity contribution in [2.45, 2.75) is 31.6 Å². The van der Waals surface area contributed by atoms with Gasteiger partial charge in [-0.1, -0.05) is 31.5 Å². The van der Waals surface area contributed by atoms with Crippen LogP contribution < -0.4 is 5.32 Å². The molecule has 0 unspecified atom stereocenters. The lowest BCUT2D eigenvalue weighted by atomic mass is 9.81. The third-order valence-corrected chi connectivity index (χ3v) is 6.41. The van der Waals surface area contributed by atoms with Gasteiger partial charge in [-0.15, -0.1) is 0 Å². The largest absolute Gasteiger partial charge is 0.325 e. The van der Waals surface area contributed by atoms with Gasteiger partial charge >= 0.3 is 0 Å². The van der Waals surface area contributed by atoms with Crippen molar-refractivity contribution in [2.75, 3.05) is 24.2 Å². The molecule has 5 nitrogen and oxygen atoms in total. The number of fused-ring (bicyclic) bond motifs is 2. The fraction of sp³-hybridized carbons (Fsp3) is 0.533. The van der Waals surface area contributed by atoms with Crippen molar-refractivity contribution < 1.29 is 13.2 Å². The number of sulfonamides is 1. The summed E-state index contributed by atoms with van der Waals surface area (Å²) < 4.78 is 26.2. The maximum Gasteiger partial charge on any atom is 0.236 e. The summed E-state index contributed by atoms with van der Waals surface area (Å²) in [5.41, 5.74) is 1.05. The highest BCUT2D eigenvalue weighted by Gasteiger charge is 2.52. The first-order valence-electron chi connectivity index (χ1n) is 7.38. The molecule has 1 spiro atoms. The molecular formula is C15H20N2O3S. The maximum absolute atomic E-state index is 12.4. The van der Waals surface area contributed by atoms with Crippen LogP contribution in [0, 0.1) is 0 Å². The minimum atomic E-state index is -3.26. The fourth-order valence-corrected chi connectivity index (χ4v) is 4.95. The number of hydrogen-bond acceptors (Lipinski definition) is 3. The lowest BCUT2D eigenvalue weighted by Crippen LogP contribution is -2.39. The number of carbonyl (C=O) groups excluding carboxylic acids is 1. The molecule has 0 radical (unpaired) electrons. The van der Waals surface area contributed by atoms with Crippen molar-refractivity contribution in [2.24, 2.45) is 0 Å². The van der Waals surface area contributed by atoms with Gasteiger partial charge in [-0.05, 0) is 24.5 Å². The van der Waals surface area contributed by atoms with Crippen LogP contribution in [0.15, 0.2) is 24.3 Å². The maximum atomic E-state index is 12.4. The summed E-state index contributed by atoms with van der Waals surface area (Å²) in [4.78, 5) is 12.4. The van der Waals surface area contributed by atoms with Gasteiger partial charge in [-0.2, -0.15) is 0 Å². The van der Waals surface area contributed by atoms with E-state index >= 15 is 0 Å². The van der Waals surface area contributed by atoms with Crippen LogP contribution in [0.2, 0.25) is 0 Å². The second-order valence-corrected chi connectivity index (χ2v) is 7.92. The molecule has 0 bridgehead atoms. The van der Waals surface area contributed by atoms with E-state index in [9.17, 15) is 13.2 Å². The third-order valence-electron chi connectivity index (χ3n) is 4.51. The van der Waals surface area contributed by atoms with Crippen molar-refractivity contribution in [1.29, 1.82) is 0 Å². The summed E-state index contributed by atoms with van der Waals surface area (Å²) in [6.45, 7) is 2.66. The van der Waals surface area contributed by atoms with Gasteiger partial charge in [0.2, 0.25) is 15.9 Å². The molecule has 1 aromatic rings. The van der Waals surface area contributed by atoms with E-state index in [2.05, 4.69) is 5.32 Å². The van der Waals surface area contributed by atoms with Crippen molar-refractivity contribution in [3.63, 3.8) is 0 Å². The monoisotopic (exact) mass is 308 g/mol. The van der Waals surface area contributed by atoms with Crippen LogP contribution in [0.25, 0.3) is 0 Å². The first-order chi connectivity index (χ1) is 9.99. The number of hydrogen-bond donors (Lipinski definition) is 1. The highest BCUT2D eigenvalue weighted by Crippen LogP contribution is 2.44. The van der Waals surface area contributed by atoms with Gasteiger partial charge in [0, 0.05) is 18.8 Å². The Labute approximate surface area is 125 Å². The van der Waals surface area contributed by atoms with E-state index in [1.54, 1.807) is 0 Å². The lowest BCUT2D eigenvalue weighted by Gasteiger charge is -2.22. The van der Waals surface area contributed by atoms with Gasteiger partial charge in [0.15, 0.2) is 0 Å². The zero-order valence-electron chi connectivity index (χ0n) is 12.1. The van der Waals surface area contributed by atoms with Gasteiger partial charge in [-0.25, -0.2) is 12.7 Å². The van der Waals surface area contributed by atoms with E-state index in [1.165, 1.54) is 4.31 Å². The van der Waals surface area contributed by atoms with E-state index in [4.69, 9.17) is 0 Å². The SMILES string of the molecule is CCCCS(=O)(=O)N1CC[C@@]2(C1)C(=O)Nc1ccccc12. The molecule has 6 heteroatoms. The van der Waals surface area contributed by atoms with Gasteiger partial charge < -0.3 is 5.32 Å². The van der Waals surface area contributed by atoms with Gasteiger partial charge in [-0.3, -0.25) is 4.79 Å². The van der Waals surface area contributed by atoms with Gasteiger partial charge in [0.05, 0.1) is 11.2 Å². The van der Waals surface area contributed by atoms with Gasteiger partial charge in [0.1, 0.15) is 0 Å². The minimum absolute atomic E-state index is 0.0723. The number of anilines is 1. The van der Waals surface area contributed by atoms with Crippen LogP contribution in [0.5, 0.6) is 0 Å². The summed E-state index contributed by atoms with van der Waals surface area (Å²) >= 11 is 0. The predicted octanol–water partition coefficient (Wildman–Crippen LogP) is 1.71. The molecule has 0 saturated carbocycles.